The predicted molar refractivity (Wildman–Crippen MR) is 142 cm³/mol. The number of hydrogen-bond donors (Lipinski definition) is 1. The van der Waals surface area contributed by atoms with Crippen LogP contribution in [-0.4, -0.2) is 43.5 Å². The van der Waals surface area contributed by atoms with Crippen LogP contribution in [0.3, 0.4) is 0 Å². The summed E-state index contributed by atoms with van der Waals surface area (Å²) < 4.78 is 2.06. The van der Waals surface area contributed by atoms with E-state index in [0.29, 0.717) is 11.1 Å². The minimum atomic E-state index is 0.0275. The smallest absolute Gasteiger partial charge is 0.253 e. The maximum atomic E-state index is 13.2. The average Bonchev–Trinajstić information content (AvgIpc) is 3.64. The third kappa shape index (κ3) is 4.17. The van der Waals surface area contributed by atoms with Crippen molar-refractivity contribution in [2.24, 2.45) is 0 Å². The van der Waals surface area contributed by atoms with Gasteiger partial charge < -0.3 is 4.90 Å². The van der Waals surface area contributed by atoms with Crippen molar-refractivity contribution in [1.29, 1.82) is 5.26 Å². The van der Waals surface area contributed by atoms with Crippen molar-refractivity contribution >= 4 is 11.6 Å². The lowest BCUT2D eigenvalue weighted by molar-refractivity contribution is 0.0673. The normalized spacial score (nSPS) is 15.0. The number of carbonyl (C=O) groups is 1. The molecule has 0 aliphatic carbocycles. The first kappa shape index (κ1) is 22.7. The molecule has 0 radical (unpaired) electrons. The molecule has 182 valence electrons. The molecular formula is C30H26N6O. The Bertz CT molecular complexity index is 1600. The Morgan fingerprint density at radius 1 is 0.946 bits per heavy atom. The van der Waals surface area contributed by atoms with Gasteiger partial charge in [0, 0.05) is 47.7 Å². The molecule has 37 heavy (non-hydrogen) atoms. The zero-order chi connectivity index (χ0) is 25.4. The van der Waals surface area contributed by atoms with E-state index < -0.39 is 0 Å². The van der Waals surface area contributed by atoms with E-state index in [1.54, 1.807) is 6.20 Å². The fourth-order valence-electron chi connectivity index (χ4n) is 5.13. The average molecular weight is 487 g/mol. The number of nitriles is 1. The molecule has 0 spiro atoms. The van der Waals surface area contributed by atoms with Crippen molar-refractivity contribution in [2.75, 3.05) is 13.1 Å². The number of hydrogen-bond acceptors (Lipinski definition) is 4. The number of imidazole rings is 1. The summed E-state index contributed by atoms with van der Waals surface area (Å²) >= 11 is 0. The highest BCUT2D eigenvalue weighted by atomic mass is 16.2. The fraction of sp³-hybridized carbons (Fsp3) is 0.200. The highest BCUT2D eigenvalue weighted by Gasteiger charge is 2.34. The van der Waals surface area contributed by atoms with Gasteiger partial charge in [-0.25, -0.2) is 4.98 Å². The molecule has 1 amide bonds. The summed E-state index contributed by atoms with van der Waals surface area (Å²) in [5.74, 6) is 0.0753. The van der Waals surface area contributed by atoms with Crippen molar-refractivity contribution in [3.63, 3.8) is 0 Å². The lowest BCUT2D eigenvalue weighted by atomic mass is 9.77. The van der Waals surface area contributed by atoms with Gasteiger partial charge in [-0.1, -0.05) is 31.2 Å². The van der Waals surface area contributed by atoms with Crippen LogP contribution in [-0.2, 0) is 5.41 Å². The largest absolute Gasteiger partial charge is 0.339 e. The van der Waals surface area contributed by atoms with E-state index in [1.165, 1.54) is 0 Å². The molecule has 1 fully saturated rings. The number of benzene rings is 2. The molecule has 7 heteroatoms. The van der Waals surface area contributed by atoms with Crippen LogP contribution >= 0.6 is 0 Å². The van der Waals surface area contributed by atoms with E-state index in [-0.39, 0.29) is 11.3 Å². The van der Waals surface area contributed by atoms with Gasteiger partial charge in [0.15, 0.2) is 0 Å². The SMILES string of the molecule is CC1(c2ccn[nH]2)CCN(C(=O)c2ccc(-c3ccc4ncc(-c5ccc(C#N)cc5)n4c3)cc2)CC1. The minimum Gasteiger partial charge on any atom is -0.339 e. The molecule has 0 bridgehead atoms. The summed E-state index contributed by atoms with van der Waals surface area (Å²) in [7, 11) is 0. The number of aromatic nitrogens is 4. The van der Waals surface area contributed by atoms with Crippen LogP contribution in [0.25, 0.3) is 28.0 Å². The third-order valence-corrected chi connectivity index (χ3v) is 7.59. The van der Waals surface area contributed by atoms with Crippen LogP contribution in [0.15, 0.2) is 85.3 Å². The Morgan fingerprint density at radius 2 is 1.65 bits per heavy atom. The van der Waals surface area contributed by atoms with Gasteiger partial charge in [0.05, 0.1) is 23.5 Å². The van der Waals surface area contributed by atoms with Crippen molar-refractivity contribution in [3.8, 4) is 28.5 Å². The van der Waals surface area contributed by atoms with Crippen LogP contribution in [0.5, 0.6) is 0 Å². The van der Waals surface area contributed by atoms with Crippen LogP contribution < -0.4 is 0 Å². The van der Waals surface area contributed by atoms with E-state index in [4.69, 9.17) is 5.26 Å². The van der Waals surface area contributed by atoms with Crippen molar-refractivity contribution in [2.45, 2.75) is 25.2 Å². The maximum Gasteiger partial charge on any atom is 0.253 e. The van der Waals surface area contributed by atoms with Gasteiger partial charge >= 0.3 is 0 Å². The highest BCUT2D eigenvalue weighted by Crippen LogP contribution is 2.34. The Hall–Kier alpha value is -4.70. The zero-order valence-electron chi connectivity index (χ0n) is 20.6. The first-order valence-corrected chi connectivity index (χ1v) is 12.4. The van der Waals surface area contributed by atoms with Crippen molar-refractivity contribution in [1.82, 2.24) is 24.5 Å². The van der Waals surface area contributed by atoms with Crippen LogP contribution in [0.1, 0.15) is 41.4 Å². The second-order valence-corrected chi connectivity index (χ2v) is 9.88. The Balaban J connectivity index is 1.20. The van der Waals surface area contributed by atoms with E-state index in [0.717, 1.165) is 59.7 Å². The summed E-state index contributed by atoms with van der Waals surface area (Å²) in [6, 6.07) is 23.6. The zero-order valence-corrected chi connectivity index (χ0v) is 20.6. The van der Waals surface area contributed by atoms with Crippen molar-refractivity contribution < 1.29 is 4.79 Å². The number of nitrogens with one attached hydrogen (secondary N) is 1. The minimum absolute atomic E-state index is 0.0275. The standard InChI is InChI=1S/C30H26N6O/c1-30(27-12-15-33-34-27)13-16-35(17-14-30)29(37)24-8-6-22(7-9-24)25-10-11-28-32-19-26(36(28)20-25)23-4-2-21(18-31)3-5-23/h2-12,15,19-20H,13-14,16-17H2,1H3,(H,33,34). The number of amides is 1. The van der Waals surface area contributed by atoms with Gasteiger partial charge in [-0.05, 0) is 66.4 Å². The number of carbonyl (C=O) groups excluding carboxylic acids is 1. The first-order valence-electron chi connectivity index (χ1n) is 12.4. The van der Waals surface area contributed by atoms with Gasteiger partial charge in [-0.15, -0.1) is 0 Å². The van der Waals surface area contributed by atoms with Gasteiger partial charge in [0.1, 0.15) is 5.65 Å². The number of aromatic amines is 1. The first-order chi connectivity index (χ1) is 18.0. The molecule has 3 aromatic heterocycles. The quantitative estimate of drug-likeness (QED) is 0.365. The summed E-state index contributed by atoms with van der Waals surface area (Å²) in [5.41, 5.74) is 7.37. The number of fused-ring (bicyclic) bond motifs is 1. The van der Waals surface area contributed by atoms with Gasteiger partial charge in [-0.3, -0.25) is 14.3 Å². The number of H-pyrrole nitrogens is 1. The molecule has 0 saturated carbocycles. The maximum absolute atomic E-state index is 13.2. The summed E-state index contributed by atoms with van der Waals surface area (Å²) in [4.78, 5) is 19.7. The summed E-state index contributed by atoms with van der Waals surface area (Å²) in [6.45, 7) is 3.69. The molecule has 1 aliphatic rings. The number of rotatable bonds is 4. The second kappa shape index (κ2) is 9.07. The van der Waals surface area contributed by atoms with Gasteiger partial charge in [0.2, 0.25) is 0 Å². The second-order valence-electron chi connectivity index (χ2n) is 9.88. The Kier molecular flexibility index (Phi) is 5.57. The van der Waals surface area contributed by atoms with Gasteiger partial charge in [-0.2, -0.15) is 10.4 Å². The van der Waals surface area contributed by atoms with Crippen LogP contribution in [0, 0.1) is 11.3 Å². The lowest BCUT2D eigenvalue weighted by Crippen LogP contribution is -2.44. The summed E-state index contributed by atoms with van der Waals surface area (Å²) in [6.07, 6.45) is 7.51. The van der Waals surface area contributed by atoms with Crippen LogP contribution in [0.4, 0.5) is 0 Å². The summed E-state index contributed by atoms with van der Waals surface area (Å²) in [5, 5.41) is 16.3. The van der Waals surface area contributed by atoms with E-state index >= 15 is 0 Å². The Labute approximate surface area is 215 Å². The third-order valence-electron chi connectivity index (χ3n) is 7.59. The van der Waals surface area contributed by atoms with Crippen LogP contribution in [0.2, 0.25) is 0 Å². The predicted octanol–water partition coefficient (Wildman–Crippen LogP) is 5.46. The molecule has 6 rings (SSSR count). The molecule has 7 nitrogen and oxygen atoms in total. The monoisotopic (exact) mass is 486 g/mol. The molecule has 1 N–H and O–H groups in total. The molecule has 5 aromatic rings. The molecule has 1 saturated heterocycles. The van der Waals surface area contributed by atoms with E-state index in [1.807, 2.05) is 77.8 Å². The fourth-order valence-corrected chi connectivity index (χ4v) is 5.13. The number of pyridine rings is 1. The molecular weight excluding hydrogens is 460 g/mol. The molecule has 2 aromatic carbocycles. The van der Waals surface area contributed by atoms with E-state index in [2.05, 4.69) is 38.8 Å². The molecule has 0 unspecified atom stereocenters. The number of likely N-dealkylation sites (tertiary alicyclic amines) is 1. The molecule has 0 atom stereocenters. The molecule has 1 aliphatic heterocycles. The highest BCUT2D eigenvalue weighted by molar-refractivity contribution is 5.94. The van der Waals surface area contributed by atoms with E-state index in [9.17, 15) is 4.79 Å². The number of nitrogens with zero attached hydrogens (tertiary/aromatic N) is 5. The number of piperidine rings is 1. The van der Waals surface area contributed by atoms with Crippen molar-refractivity contribution in [3.05, 3.63) is 102 Å². The molecule has 4 heterocycles. The topological polar surface area (TPSA) is 90.1 Å². The van der Waals surface area contributed by atoms with Gasteiger partial charge in [0.25, 0.3) is 5.91 Å². The Morgan fingerprint density at radius 3 is 2.32 bits per heavy atom. The lowest BCUT2D eigenvalue weighted by Gasteiger charge is -2.38.